The van der Waals surface area contributed by atoms with Gasteiger partial charge in [-0.1, -0.05) is 118 Å². The molecule has 0 aromatic heterocycles. The molecule has 4 rings (SSSR count). The number of nitrogens with zero attached hydrogens (tertiary/aromatic N) is 6. The first-order valence-electron chi connectivity index (χ1n) is 30.2. The summed E-state index contributed by atoms with van der Waals surface area (Å²) in [5, 5.41) is 19.0. The molecular formula is C63H94ClN9O14. The predicted octanol–water partition coefficient (Wildman–Crippen LogP) is 4.54. The lowest BCUT2D eigenvalue weighted by Gasteiger charge is -2.41. The Bertz CT molecular complexity index is 2760. The van der Waals surface area contributed by atoms with Crippen molar-refractivity contribution in [3.63, 3.8) is 0 Å². The third-order valence-electron chi connectivity index (χ3n) is 16.9. The SMILES string of the molecule is CC[C@H](C)[C@H]1C(=O)NCC(=O)N(C)[C@@H](C(C)C)C(=O)N[C@@H](Cc2ccc(OCc3ccc(Cl)cc3)cc2)C(=O)O[C@H](C)C(=O)N2CCCC[C@H]2C(=O)N(C)[C@@H](C(C)C)C(=O)N[C@@H](C(C)C)C(=O)N(C)[C@@H](CC(=O)O)C(=O)N(C)[C@@H]([C@@H](C)CC)C(=O)N1C. The Hall–Kier alpha value is -7.30. The molecule has 0 aliphatic carbocycles. The number of rotatable bonds is 14. The zero-order valence-corrected chi connectivity index (χ0v) is 54.3. The minimum absolute atomic E-state index is 0.0932. The molecule has 0 radical (unpaired) electrons. The summed E-state index contributed by atoms with van der Waals surface area (Å²) >= 11 is 6.06. The second-order valence-electron chi connectivity index (χ2n) is 24.3. The maximum absolute atomic E-state index is 15.0. The quantitative estimate of drug-likeness (QED) is 0.189. The van der Waals surface area contributed by atoms with E-state index in [9.17, 15) is 57.8 Å². The number of esters is 1. The zero-order valence-electron chi connectivity index (χ0n) is 53.6. The van der Waals surface area contributed by atoms with Crippen LogP contribution in [0.4, 0.5) is 0 Å². The van der Waals surface area contributed by atoms with Crippen LogP contribution in [0.15, 0.2) is 48.5 Å². The molecule has 9 amide bonds. The van der Waals surface area contributed by atoms with Crippen LogP contribution < -0.4 is 20.7 Å². The van der Waals surface area contributed by atoms with Gasteiger partial charge in [0.2, 0.25) is 47.3 Å². The molecule has 87 heavy (non-hydrogen) atoms. The summed E-state index contributed by atoms with van der Waals surface area (Å²) in [5.74, 6) is -11.5. The second kappa shape index (κ2) is 32.6. The minimum atomic E-state index is -1.70. The summed E-state index contributed by atoms with van der Waals surface area (Å²) in [5.41, 5.74) is 1.43. The van der Waals surface area contributed by atoms with Gasteiger partial charge in [-0.3, -0.25) is 47.9 Å². The van der Waals surface area contributed by atoms with Crippen molar-refractivity contribution in [2.45, 2.75) is 182 Å². The summed E-state index contributed by atoms with van der Waals surface area (Å²) in [6.07, 6.45) is -0.603. The van der Waals surface area contributed by atoms with Crippen LogP contribution in [0.25, 0.3) is 0 Å². The van der Waals surface area contributed by atoms with Gasteiger partial charge < -0.3 is 59.9 Å². The van der Waals surface area contributed by atoms with E-state index in [2.05, 4.69) is 16.0 Å². The van der Waals surface area contributed by atoms with Crippen molar-refractivity contribution in [3.8, 4) is 5.75 Å². The third kappa shape index (κ3) is 18.6. The number of hydrogen-bond acceptors (Lipinski definition) is 13. The van der Waals surface area contributed by atoms with Gasteiger partial charge in [0.1, 0.15) is 60.7 Å². The average Bonchev–Trinajstić information content (AvgIpc) is 1.96. The van der Waals surface area contributed by atoms with E-state index in [0.717, 1.165) is 20.3 Å². The molecule has 24 heteroatoms. The number of amides is 9. The number of carbonyl (C=O) groups is 11. The fourth-order valence-electron chi connectivity index (χ4n) is 11.4. The number of carbonyl (C=O) groups excluding carboxylic acids is 10. The van der Waals surface area contributed by atoms with E-state index < -0.39 is 162 Å². The number of carboxylic acids is 1. The zero-order chi connectivity index (χ0) is 65.5. The first-order chi connectivity index (χ1) is 40.8. The Morgan fingerprint density at radius 3 is 1.70 bits per heavy atom. The summed E-state index contributed by atoms with van der Waals surface area (Å²) < 4.78 is 11.9. The number of halogens is 1. The van der Waals surface area contributed by atoms with E-state index in [1.165, 1.54) is 56.9 Å². The number of carboxylic acid groups (broad SMARTS) is 1. The normalized spacial score (nSPS) is 25.5. The van der Waals surface area contributed by atoms with Crippen LogP contribution in [-0.2, 0) is 70.5 Å². The van der Waals surface area contributed by atoms with Gasteiger partial charge in [-0.15, -0.1) is 0 Å². The molecule has 11 atom stereocenters. The van der Waals surface area contributed by atoms with Crippen LogP contribution in [-0.4, -0.2) is 202 Å². The second-order valence-corrected chi connectivity index (χ2v) is 24.8. The number of nitrogens with one attached hydrogen (secondary N) is 3. The molecule has 2 aromatic carbocycles. The highest BCUT2D eigenvalue weighted by Gasteiger charge is 2.46. The number of fused-ring (bicyclic) bond motifs is 1. The molecule has 0 unspecified atom stereocenters. The monoisotopic (exact) mass is 1240 g/mol. The Labute approximate surface area is 517 Å². The molecule has 2 heterocycles. The Morgan fingerprint density at radius 1 is 0.621 bits per heavy atom. The van der Waals surface area contributed by atoms with Crippen molar-refractivity contribution < 1.29 is 67.3 Å². The Balaban J connectivity index is 1.85. The molecule has 2 aliphatic heterocycles. The van der Waals surface area contributed by atoms with Gasteiger partial charge in [0, 0.05) is 53.2 Å². The van der Waals surface area contributed by atoms with Gasteiger partial charge in [-0.25, -0.2) is 4.79 Å². The third-order valence-corrected chi connectivity index (χ3v) is 17.2. The van der Waals surface area contributed by atoms with Crippen LogP contribution in [0.5, 0.6) is 5.75 Å². The van der Waals surface area contributed by atoms with Crippen LogP contribution in [0.3, 0.4) is 0 Å². The number of hydrogen-bond donors (Lipinski definition) is 4. The maximum atomic E-state index is 15.0. The minimum Gasteiger partial charge on any atom is -0.489 e. The summed E-state index contributed by atoms with van der Waals surface area (Å²) in [4.78, 5) is 166. The first-order valence-corrected chi connectivity index (χ1v) is 30.6. The van der Waals surface area contributed by atoms with E-state index in [0.29, 0.717) is 42.0 Å². The lowest BCUT2D eigenvalue weighted by Crippen LogP contribution is -2.63. The molecule has 2 aliphatic rings. The summed E-state index contributed by atoms with van der Waals surface area (Å²) in [6, 6.07) is 3.33. The van der Waals surface area contributed by atoms with Gasteiger partial charge >= 0.3 is 11.9 Å². The molecule has 0 spiro atoms. The van der Waals surface area contributed by atoms with Gasteiger partial charge in [0.25, 0.3) is 5.91 Å². The molecule has 2 fully saturated rings. The Kier molecular flexibility index (Phi) is 27.1. The van der Waals surface area contributed by atoms with Gasteiger partial charge in [-0.05, 0) is 91.2 Å². The van der Waals surface area contributed by atoms with Crippen LogP contribution in [0.2, 0.25) is 5.02 Å². The van der Waals surface area contributed by atoms with Gasteiger partial charge in [0.05, 0.1) is 13.0 Å². The van der Waals surface area contributed by atoms with Crippen molar-refractivity contribution in [1.29, 1.82) is 0 Å². The molecule has 2 saturated heterocycles. The molecular weight excluding hydrogens is 1140 g/mol. The van der Waals surface area contributed by atoms with E-state index in [1.54, 1.807) is 106 Å². The van der Waals surface area contributed by atoms with Crippen molar-refractivity contribution in [1.82, 2.24) is 45.3 Å². The highest BCUT2D eigenvalue weighted by Crippen LogP contribution is 2.27. The highest BCUT2D eigenvalue weighted by molar-refractivity contribution is 6.30. The highest BCUT2D eigenvalue weighted by atomic mass is 35.5. The standard InChI is InChI=1S/C63H94ClN9O14/c1-17-38(9)53-55(77)65-33-48(74)69(13)51(36(5)6)56(78)66-45(31-41-24-28-44(29-25-41)86-34-42-22-26-43(64)27-23-42)63(85)87-40(11)58(80)73-30-20-19-21-46(73)59(81)70(14)52(37(7)8)57(79)67-50(35(3)4)61(83)68(12)47(32-49(75)76)60(82)72(16)54(39(10)18-2)62(84)71(53)15/h22-29,35-40,45-47,50-54H,17-21,30-34H2,1-16H3,(H,65,77)(H,66,78)(H,67,79)(H,75,76)/t38-,39-,40+,45-,46-,47-,50-,51-,52-,53-,54-/m0/s1. The summed E-state index contributed by atoms with van der Waals surface area (Å²) in [7, 11) is 6.74. The first kappa shape index (κ1) is 72.2. The van der Waals surface area contributed by atoms with Crippen molar-refractivity contribution in [2.24, 2.45) is 29.6 Å². The number of aliphatic carboxylic acids is 1. The van der Waals surface area contributed by atoms with E-state index in [-0.39, 0.29) is 26.0 Å². The predicted molar refractivity (Wildman–Crippen MR) is 326 cm³/mol. The number of ether oxygens (including phenoxy) is 2. The number of piperidine rings is 1. The van der Waals surface area contributed by atoms with Gasteiger partial charge in [-0.2, -0.15) is 0 Å². The average molecular weight is 1240 g/mol. The van der Waals surface area contributed by atoms with Crippen LogP contribution >= 0.6 is 11.6 Å². The lowest BCUT2D eigenvalue weighted by molar-refractivity contribution is -0.165. The van der Waals surface area contributed by atoms with Crippen LogP contribution in [0.1, 0.15) is 126 Å². The fraction of sp³-hybridized carbons (Fsp3) is 0.635. The summed E-state index contributed by atoms with van der Waals surface area (Å²) in [6.45, 7) is 18.2. The largest absolute Gasteiger partial charge is 0.489 e. The molecule has 0 saturated carbocycles. The fourth-order valence-corrected chi connectivity index (χ4v) is 11.5. The van der Waals surface area contributed by atoms with E-state index >= 15 is 0 Å². The number of benzene rings is 2. The van der Waals surface area contributed by atoms with Crippen molar-refractivity contribution in [3.05, 3.63) is 64.7 Å². The molecule has 2 aromatic rings. The lowest BCUT2D eigenvalue weighted by atomic mass is 9.92. The maximum Gasteiger partial charge on any atom is 0.329 e. The van der Waals surface area contributed by atoms with Crippen molar-refractivity contribution in [2.75, 3.05) is 48.3 Å². The molecule has 4 N–H and O–H groups in total. The number of likely N-dealkylation sites (N-methyl/N-ethyl adjacent to an activating group) is 5. The van der Waals surface area contributed by atoms with E-state index in [4.69, 9.17) is 21.1 Å². The van der Waals surface area contributed by atoms with Crippen molar-refractivity contribution >= 4 is 76.7 Å². The topological polar surface area (TPSA) is 282 Å². The van der Waals surface area contributed by atoms with Crippen LogP contribution in [0, 0.1) is 29.6 Å². The van der Waals surface area contributed by atoms with E-state index in [1.807, 2.05) is 12.1 Å². The smallest absolute Gasteiger partial charge is 0.329 e. The molecule has 0 bridgehead atoms. The molecule has 23 nitrogen and oxygen atoms in total. The van der Waals surface area contributed by atoms with Gasteiger partial charge in [0.15, 0.2) is 6.10 Å². The Morgan fingerprint density at radius 2 is 1.15 bits per heavy atom. The molecule has 482 valence electrons. The number of cyclic esters (lactones) is 1.